The van der Waals surface area contributed by atoms with E-state index in [1.807, 2.05) is 12.1 Å². The molecule has 108 valence electrons. The van der Waals surface area contributed by atoms with E-state index in [0.29, 0.717) is 6.61 Å². The van der Waals surface area contributed by atoms with Gasteiger partial charge in [0.05, 0.1) is 12.2 Å². The van der Waals surface area contributed by atoms with Gasteiger partial charge < -0.3 is 15.2 Å². The van der Waals surface area contributed by atoms with E-state index in [1.54, 1.807) is 7.11 Å². The Hall–Kier alpha value is -1.06. The molecule has 0 aromatic heterocycles. The van der Waals surface area contributed by atoms with Crippen LogP contribution in [0.15, 0.2) is 24.3 Å². The fraction of sp³-hybridized carbons (Fsp3) is 0.625. The second-order valence-electron chi connectivity index (χ2n) is 5.58. The largest absolute Gasteiger partial charge is 0.493 e. The zero-order valence-corrected chi connectivity index (χ0v) is 12.6. The van der Waals surface area contributed by atoms with Gasteiger partial charge in [-0.2, -0.15) is 0 Å². The van der Waals surface area contributed by atoms with Crippen LogP contribution in [0.25, 0.3) is 0 Å². The molecule has 1 atom stereocenters. The van der Waals surface area contributed by atoms with Crippen LogP contribution in [-0.2, 0) is 11.2 Å². The molecule has 0 aliphatic heterocycles. The maximum atomic E-state index is 5.94. The highest BCUT2D eigenvalue weighted by Gasteiger charge is 2.15. The van der Waals surface area contributed by atoms with Crippen molar-refractivity contribution < 1.29 is 9.47 Å². The van der Waals surface area contributed by atoms with Gasteiger partial charge in [0.2, 0.25) is 0 Å². The van der Waals surface area contributed by atoms with Gasteiger partial charge in [-0.1, -0.05) is 19.1 Å². The molecule has 0 heterocycles. The number of nitrogens with two attached hydrogens (primary N) is 1. The number of ether oxygens (including phenoxy) is 2. The van der Waals surface area contributed by atoms with Crippen molar-refractivity contribution in [3.63, 3.8) is 0 Å². The Bertz CT molecular complexity index is 360. The van der Waals surface area contributed by atoms with Crippen LogP contribution in [0, 0.1) is 0 Å². The quantitative estimate of drug-likeness (QED) is 0.785. The summed E-state index contributed by atoms with van der Waals surface area (Å²) in [5.74, 6) is 0.903. The van der Waals surface area contributed by atoms with Crippen molar-refractivity contribution in [2.75, 3.05) is 13.7 Å². The van der Waals surface area contributed by atoms with Gasteiger partial charge >= 0.3 is 0 Å². The number of hydrogen-bond acceptors (Lipinski definition) is 3. The standard InChI is InChI=1S/C16H27NO2/c1-5-14(17)12-13-6-8-15(9-7-13)19-11-10-16(2,3)18-4/h6-9,14H,5,10-12,17H2,1-4H3. The van der Waals surface area contributed by atoms with Crippen LogP contribution >= 0.6 is 0 Å². The average Bonchev–Trinajstić information content (AvgIpc) is 2.40. The molecule has 1 rings (SSSR count). The molecule has 0 radical (unpaired) electrons. The van der Waals surface area contributed by atoms with Crippen LogP contribution in [0.3, 0.4) is 0 Å². The molecule has 1 aromatic rings. The van der Waals surface area contributed by atoms with Gasteiger partial charge in [0, 0.05) is 19.6 Å². The average molecular weight is 265 g/mol. The van der Waals surface area contributed by atoms with E-state index in [-0.39, 0.29) is 11.6 Å². The van der Waals surface area contributed by atoms with E-state index in [1.165, 1.54) is 5.56 Å². The van der Waals surface area contributed by atoms with E-state index in [4.69, 9.17) is 15.2 Å². The number of methoxy groups -OCH3 is 1. The monoisotopic (exact) mass is 265 g/mol. The first-order chi connectivity index (χ1) is 8.96. The fourth-order valence-corrected chi connectivity index (χ4v) is 1.69. The van der Waals surface area contributed by atoms with Crippen LogP contribution < -0.4 is 10.5 Å². The molecule has 0 fully saturated rings. The van der Waals surface area contributed by atoms with Gasteiger partial charge in [-0.15, -0.1) is 0 Å². The van der Waals surface area contributed by atoms with Gasteiger partial charge in [0.1, 0.15) is 5.75 Å². The van der Waals surface area contributed by atoms with Crippen molar-refractivity contribution in [2.45, 2.75) is 51.7 Å². The predicted molar refractivity (Wildman–Crippen MR) is 79.6 cm³/mol. The molecule has 1 unspecified atom stereocenters. The predicted octanol–water partition coefficient (Wildman–Crippen LogP) is 3.16. The van der Waals surface area contributed by atoms with Gasteiger partial charge in [-0.3, -0.25) is 0 Å². The number of benzene rings is 1. The summed E-state index contributed by atoms with van der Waals surface area (Å²) >= 11 is 0. The van der Waals surface area contributed by atoms with Crippen molar-refractivity contribution in [3.05, 3.63) is 29.8 Å². The Morgan fingerprint density at radius 3 is 2.37 bits per heavy atom. The first-order valence-electron chi connectivity index (χ1n) is 6.99. The van der Waals surface area contributed by atoms with E-state index >= 15 is 0 Å². The first kappa shape index (κ1) is 16.0. The third kappa shape index (κ3) is 6.08. The Balaban J connectivity index is 2.40. The first-order valence-corrected chi connectivity index (χ1v) is 6.99. The summed E-state index contributed by atoms with van der Waals surface area (Å²) in [6.07, 6.45) is 2.80. The summed E-state index contributed by atoms with van der Waals surface area (Å²) in [4.78, 5) is 0. The summed E-state index contributed by atoms with van der Waals surface area (Å²) in [5, 5.41) is 0. The van der Waals surface area contributed by atoms with Gasteiger partial charge in [-0.25, -0.2) is 0 Å². The van der Waals surface area contributed by atoms with E-state index in [2.05, 4.69) is 32.9 Å². The van der Waals surface area contributed by atoms with Crippen LogP contribution in [0.5, 0.6) is 5.75 Å². The molecule has 0 aliphatic rings. The van der Waals surface area contributed by atoms with Gasteiger partial charge in [-0.05, 0) is 44.4 Å². The minimum absolute atomic E-state index is 0.131. The Kier molecular flexibility index (Phi) is 6.32. The fourth-order valence-electron chi connectivity index (χ4n) is 1.69. The maximum absolute atomic E-state index is 5.94. The van der Waals surface area contributed by atoms with Crippen LogP contribution in [0.1, 0.15) is 39.2 Å². The van der Waals surface area contributed by atoms with E-state index in [9.17, 15) is 0 Å². The van der Waals surface area contributed by atoms with Crippen molar-refractivity contribution in [2.24, 2.45) is 5.73 Å². The summed E-state index contributed by atoms with van der Waals surface area (Å²) in [6, 6.07) is 8.45. The van der Waals surface area contributed by atoms with Crippen LogP contribution in [-0.4, -0.2) is 25.4 Å². The minimum atomic E-state index is -0.131. The lowest BCUT2D eigenvalue weighted by Gasteiger charge is -2.22. The highest BCUT2D eigenvalue weighted by atomic mass is 16.5. The third-order valence-corrected chi connectivity index (χ3v) is 3.47. The van der Waals surface area contributed by atoms with Crippen molar-refractivity contribution in [1.82, 2.24) is 0 Å². The molecular weight excluding hydrogens is 238 g/mol. The molecule has 19 heavy (non-hydrogen) atoms. The highest BCUT2D eigenvalue weighted by Crippen LogP contribution is 2.17. The molecular formula is C16H27NO2. The molecule has 2 N–H and O–H groups in total. The second-order valence-corrected chi connectivity index (χ2v) is 5.58. The van der Waals surface area contributed by atoms with E-state index in [0.717, 1.165) is 25.0 Å². The molecule has 3 nitrogen and oxygen atoms in total. The summed E-state index contributed by atoms with van der Waals surface area (Å²) in [7, 11) is 1.73. The zero-order valence-electron chi connectivity index (χ0n) is 12.6. The molecule has 0 bridgehead atoms. The molecule has 0 saturated carbocycles. The SMILES string of the molecule is CCC(N)Cc1ccc(OCCC(C)(C)OC)cc1. The molecule has 0 amide bonds. The Labute approximate surface area is 117 Å². The molecule has 0 aliphatic carbocycles. The van der Waals surface area contributed by atoms with Crippen molar-refractivity contribution >= 4 is 0 Å². The number of rotatable bonds is 8. The minimum Gasteiger partial charge on any atom is -0.493 e. The zero-order chi connectivity index (χ0) is 14.3. The van der Waals surface area contributed by atoms with Crippen LogP contribution in [0.4, 0.5) is 0 Å². The molecule has 0 spiro atoms. The lowest BCUT2D eigenvalue weighted by Crippen LogP contribution is -2.25. The Morgan fingerprint density at radius 1 is 1.21 bits per heavy atom. The van der Waals surface area contributed by atoms with Crippen LogP contribution in [0.2, 0.25) is 0 Å². The smallest absolute Gasteiger partial charge is 0.119 e. The summed E-state index contributed by atoms with van der Waals surface area (Å²) in [6.45, 7) is 6.89. The lowest BCUT2D eigenvalue weighted by molar-refractivity contribution is 0.00545. The maximum Gasteiger partial charge on any atom is 0.119 e. The van der Waals surface area contributed by atoms with Crippen molar-refractivity contribution in [1.29, 1.82) is 0 Å². The lowest BCUT2D eigenvalue weighted by atomic mass is 10.0. The number of hydrogen-bond donors (Lipinski definition) is 1. The van der Waals surface area contributed by atoms with Gasteiger partial charge in [0.15, 0.2) is 0 Å². The molecule has 3 heteroatoms. The Morgan fingerprint density at radius 2 is 1.84 bits per heavy atom. The second kappa shape index (κ2) is 7.51. The van der Waals surface area contributed by atoms with E-state index < -0.39 is 0 Å². The van der Waals surface area contributed by atoms with Crippen molar-refractivity contribution in [3.8, 4) is 5.75 Å². The highest BCUT2D eigenvalue weighted by molar-refractivity contribution is 5.27. The summed E-state index contributed by atoms with van der Waals surface area (Å²) in [5.41, 5.74) is 7.07. The molecule has 0 saturated heterocycles. The topological polar surface area (TPSA) is 44.5 Å². The third-order valence-electron chi connectivity index (χ3n) is 3.47. The molecule has 1 aromatic carbocycles. The normalized spacial score (nSPS) is 13.3. The van der Waals surface area contributed by atoms with Gasteiger partial charge in [0.25, 0.3) is 0 Å². The summed E-state index contributed by atoms with van der Waals surface area (Å²) < 4.78 is 11.1.